The van der Waals surface area contributed by atoms with E-state index in [4.69, 9.17) is 0 Å². The lowest BCUT2D eigenvalue weighted by Gasteiger charge is -2.10. The van der Waals surface area contributed by atoms with Gasteiger partial charge in [-0.15, -0.1) is 11.8 Å². The third kappa shape index (κ3) is 5.68. The van der Waals surface area contributed by atoms with Gasteiger partial charge in [-0.2, -0.15) is 0 Å². The molecule has 0 atom stereocenters. The molecule has 1 aromatic rings. The summed E-state index contributed by atoms with van der Waals surface area (Å²) in [7, 11) is 0. The molecule has 0 saturated heterocycles. The second-order valence-corrected chi connectivity index (χ2v) is 5.99. The monoisotopic (exact) mass is 220 g/mol. The van der Waals surface area contributed by atoms with Crippen molar-refractivity contribution in [3.63, 3.8) is 0 Å². The minimum Gasteiger partial charge on any atom is -0.122 e. The Kier molecular flexibility index (Phi) is 4.46. The van der Waals surface area contributed by atoms with Gasteiger partial charge in [-0.1, -0.05) is 50.6 Å². The summed E-state index contributed by atoms with van der Waals surface area (Å²) in [5, 5.41) is 0. The van der Waals surface area contributed by atoms with Crippen molar-refractivity contribution < 1.29 is 0 Å². The third-order valence-electron chi connectivity index (χ3n) is 1.95. The van der Waals surface area contributed by atoms with Crippen LogP contribution >= 0.6 is 11.8 Å². The zero-order valence-electron chi connectivity index (χ0n) is 10.1. The molecule has 15 heavy (non-hydrogen) atoms. The molecular formula is C14H20S. The summed E-state index contributed by atoms with van der Waals surface area (Å²) in [6.07, 6.45) is 4.53. The molecule has 0 fully saturated rings. The van der Waals surface area contributed by atoms with E-state index >= 15 is 0 Å². The molecule has 0 N–H and O–H groups in total. The summed E-state index contributed by atoms with van der Waals surface area (Å²) in [4.78, 5) is 1.36. The molecule has 0 amide bonds. The molecular weight excluding hydrogens is 200 g/mol. The van der Waals surface area contributed by atoms with Crippen LogP contribution in [-0.2, 0) is 0 Å². The maximum atomic E-state index is 2.27. The second kappa shape index (κ2) is 5.41. The molecule has 0 radical (unpaired) electrons. The van der Waals surface area contributed by atoms with Gasteiger partial charge in [0.05, 0.1) is 0 Å². The van der Waals surface area contributed by atoms with Crippen LogP contribution in [0.3, 0.4) is 0 Å². The van der Waals surface area contributed by atoms with Crippen LogP contribution in [0.1, 0.15) is 26.3 Å². The Morgan fingerprint density at radius 3 is 2.60 bits per heavy atom. The van der Waals surface area contributed by atoms with Gasteiger partial charge in [-0.3, -0.25) is 0 Å². The summed E-state index contributed by atoms with van der Waals surface area (Å²) in [5.41, 5.74) is 1.63. The highest BCUT2D eigenvalue weighted by molar-refractivity contribution is 7.99. The SMILES string of the molecule is Cc1cccc(SC/C=C/C(C)(C)C)c1. The van der Waals surface area contributed by atoms with Crippen LogP contribution in [0.15, 0.2) is 41.3 Å². The van der Waals surface area contributed by atoms with Crippen LogP contribution in [0.4, 0.5) is 0 Å². The molecule has 0 bridgehead atoms. The van der Waals surface area contributed by atoms with Crippen molar-refractivity contribution in [3.8, 4) is 0 Å². The standard InChI is InChI=1S/C14H20S/c1-12-7-5-8-13(11-12)15-10-6-9-14(2,3)4/h5-9,11H,10H2,1-4H3/b9-6+. The van der Waals surface area contributed by atoms with E-state index in [2.05, 4.69) is 64.1 Å². The molecule has 1 rings (SSSR count). The first-order valence-electron chi connectivity index (χ1n) is 5.34. The Bertz CT molecular complexity index is 331. The Labute approximate surface area is 97.8 Å². The van der Waals surface area contributed by atoms with Gasteiger partial charge in [0.15, 0.2) is 0 Å². The minimum atomic E-state index is 0.299. The highest BCUT2D eigenvalue weighted by Crippen LogP contribution is 2.20. The third-order valence-corrected chi connectivity index (χ3v) is 2.90. The quantitative estimate of drug-likeness (QED) is 0.526. The molecule has 0 saturated carbocycles. The van der Waals surface area contributed by atoms with Gasteiger partial charge in [0, 0.05) is 10.6 Å². The predicted octanol–water partition coefficient (Wildman–Crippen LogP) is 4.69. The van der Waals surface area contributed by atoms with Gasteiger partial charge >= 0.3 is 0 Å². The number of aryl methyl sites for hydroxylation is 1. The van der Waals surface area contributed by atoms with E-state index in [-0.39, 0.29) is 0 Å². The summed E-state index contributed by atoms with van der Waals surface area (Å²) in [6.45, 7) is 8.80. The van der Waals surface area contributed by atoms with Crippen molar-refractivity contribution in [1.29, 1.82) is 0 Å². The molecule has 0 aliphatic heterocycles. The Morgan fingerprint density at radius 2 is 2.00 bits per heavy atom. The van der Waals surface area contributed by atoms with Gasteiger partial charge < -0.3 is 0 Å². The van der Waals surface area contributed by atoms with Crippen LogP contribution in [0.5, 0.6) is 0 Å². The first-order valence-corrected chi connectivity index (χ1v) is 6.33. The maximum Gasteiger partial charge on any atom is 0.0161 e. The Morgan fingerprint density at radius 1 is 1.27 bits per heavy atom. The Hall–Kier alpha value is -0.690. The summed E-state index contributed by atoms with van der Waals surface area (Å²) in [6, 6.07) is 8.65. The average Bonchev–Trinajstić information content (AvgIpc) is 2.11. The lowest BCUT2D eigenvalue weighted by Crippen LogP contribution is -1.98. The predicted molar refractivity (Wildman–Crippen MR) is 70.5 cm³/mol. The van der Waals surface area contributed by atoms with Crippen molar-refractivity contribution >= 4 is 11.8 Å². The van der Waals surface area contributed by atoms with Gasteiger partial charge in [0.25, 0.3) is 0 Å². The topological polar surface area (TPSA) is 0 Å². The number of rotatable bonds is 3. The van der Waals surface area contributed by atoms with Gasteiger partial charge in [0.2, 0.25) is 0 Å². The lowest BCUT2D eigenvalue weighted by atomic mass is 9.97. The highest BCUT2D eigenvalue weighted by Gasteiger charge is 2.02. The first-order chi connectivity index (χ1) is 6.97. The number of hydrogen-bond acceptors (Lipinski definition) is 1. The zero-order valence-corrected chi connectivity index (χ0v) is 10.9. The molecule has 0 aliphatic rings. The fourth-order valence-electron chi connectivity index (χ4n) is 1.25. The van der Waals surface area contributed by atoms with E-state index in [1.165, 1.54) is 10.5 Å². The molecule has 0 nitrogen and oxygen atoms in total. The van der Waals surface area contributed by atoms with E-state index in [1.807, 2.05) is 11.8 Å². The highest BCUT2D eigenvalue weighted by atomic mass is 32.2. The largest absolute Gasteiger partial charge is 0.122 e. The number of thioether (sulfide) groups is 1. The summed E-state index contributed by atoms with van der Waals surface area (Å²) < 4.78 is 0. The Balaban J connectivity index is 2.42. The van der Waals surface area contributed by atoms with Crippen molar-refractivity contribution in [2.45, 2.75) is 32.6 Å². The smallest absolute Gasteiger partial charge is 0.0161 e. The normalized spacial score (nSPS) is 12.3. The fourth-order valence-corrected chi connectivity index (χ4v) is 2.08. The first kappa shape index (κ1) is 12.4. The minimum absolute atomic E-state index is 0.299. The molecule has 0 unspecified atom stereocenters. The van der Waals surface area contributed by atoms with Crippen LogP contribution in [-0.4, -0.2) is 5.75 Å². The number of benzene rings is 1. The molecule has 0 aliphatic carbocycles. The average molecular weight is 220 g/mol. The zero-order chi connectivity index (χ0) is 11.3. The van der Waals surface area contributed by atoms with Gasteiger partial charge in [-0.25, -0.2) is 0 Å². The van der Waals surface area contributed by atoms with E-state index in [0.717, 1.165) is 5.75 Å². The van der Waals surface area contributed by atoms with Crippen LogP contribution in [0.25, 0.3) is 0 Å². The van der Waals surface area contributed by atoms with Crippen LogP contribution in [0, 0.1) is 12.3 Å². The van der Waals surface area contributed by atoms with E-state index in [9.17, 15) is 0 Å². The molecule has 0 aromatic heterocycles. The summed E-state index contributed by atoms with van der Waals surface area (Å²) in [5.74, 6) is 1.06. The molecule has 1 heteroatoms. The van der Waals surface area contributed by atoms with Gasteiger partial charge in [-0.05, 0) is 24.5 Å². The maximum absolute atomic E-state index is 2.27. The number of hydrogen-bond donors (Lipinski definition) is 0. The van der Waals surface area contributed by atoms with Crippen molar-refractivity contribution in [1.82, 2.24) is 0 Å². The van der Waals surface area contributed by atoms with Crippen LogP contribution in [0.2, 0.25) is 0 Å². The lowest BCUT2D eigenvalue weighted by molar-refractivity contribution is 0.543. The summed E-state index contributed by atoms with van der Waals surface area (Å²) >= 11 is 1.89. The molecule has 0 heterocycles. The van der Waals surface area contributed by atoms with Gasteiger partial charge in [0.1, 0.15) is 0 Å². The van der Waals surface area contributed by atoms with Crippen molar-refractivity contribution in [3.05, 3.63) is 42.0 Å². The second-order valence-electron chi connectivity index (χ2n) is 4.90. The molecule has 0 spiro atoms. The van der Waals surface area contributed by atoms with Crippen LogP contribution < -0.4 is 0 Å². The van der Waals surface area contributed by atoms with Crippen molar-refractivity contribution in [2.75, 3.05) is 5.75 Å². The van der Waals surface area contributed by atoms with E-state index in [0.29, 0.717) is 5.41 Å². The number of allylic oxidation sites excluding steroid dienone is 1. The van der Waals surface area contributed by atoms with Crippen molar-refractivity contribution in [2.24, 2.45) is 5.41 Å². The van der Waals surface area contributed by atoms with E-state index < -0.39 is 0 Å². The molecule has 1 aromatic carbocycles. The molecule has 82 valence electrons. The van der Waals surface area contributed by atoms with E-state index in [1.54, 1.807) is 0 Å². The fraction of sp³-hybridized carbons (Fsp3) is 0.429.